The van der Waals surface area contributed by atoms with E-state index >= 15 is 0 Å². The van der Waals surface area contributed by atoms with Crippen LogP contribution in [0.1, 0.15) is 26.2 Å². The normalized spacial score (nSPS) is 20.2. The first kappa shape index (κ1) is 22.4. The molecule has 1 heterocycles. The third-order valence-electron chi connectivity index (χ3n) is 5.14. The molecular weight excluding hydrogens is 412 g/mol. The second-order valence-corrected chi connectivity index (χ2v) is 9.97. The van der Waals surface area contributed by atoms with Gasteiger partial charge in [0.15, 0.2) is 0 Å². The molecule has 1 N–H and O–H groups in total. The summed E-state index contributed by atoms with van der Waals surface area (Å²) in [5, 5.41) is 19.3. The minimum atomic E-state index is -2.26. The Morgan fingerprint density at radius 2 is 1.94 bits per heavy atom. The van der Waals surface area contributed by atoms with Crippen LogP contribution in [0, 0.1) is 17.2 Å². The lowest BCUT2D eigenvalue weighted by Crippen LogP contribution is -2.13. The van der Waals surface area contributed by atoms with E-state index in [0.717, 1.165) is 22.6 Å². The molecule has 162 valence electrons. The zero-order valence-corrected chi connectivity index (χ0v) is 18.5. The summed E-state index contributed by atoms with van der Waals surface area (Å²) in [6.07, 6.45) is 3.83. The van der Waals surface area contributed by atoms with Crippen LogP contribution in [0.3, 0.4) is 0 Å². The molecule has 2 aromatic carbocycles. The number of aliphatic carboxylic acids is 1. The Kier molecular flexibility index (Phi) is 7.37. The predicted octanol–water partition coefficient (Wildman–Crippen LogP) is 5.59. The second kappa shape index (κ2) is 10.2. The van der Waals surface area contributed by atoms with E-state index in [1.807, 2.05) is 48.5 Å². The number of hydrogen-bond acceptors (Lipinski definition) is 5. The quantitative estimate of drug-likeness (QED) is 0.522. The van der Waals surface area contributed by atoms with Crippen molar-refractivity contribution in [3.05, 3.63) is 59.6 Å². The van der Waals surface area contributed by atoms with Gasteiger partial charge in [0.2, 0.25) is 0 Å². The summed E-state index contributed by atoms with van der Waals surface area (Å²) in [5.41, 5.74) is 1.73. The minimum Gasteiger partial charge on any atom is -0.497 e. The van der Waals surface area contributed by atoms with Gasteiger partial charge in [-0.1, -0.05) is 25.5 Å². The van der Waals surface area contributed by atoms with Crippen molar-refractivity contribution in [2.75, 3.05) is 13.7 Å². The largest absolute Gasteiger partial charge is 0.497 e. The first-order valence-corrected chi connectivity index (χ1v) is 11.8. The number of nitriles is 1. The number of ether oxygens (including phenoxy) is 2. The van der Waals surface area contributed by atoms with Crippen molar-refractivity contribution in [2.24, 2.45) is 10.9 Å². The first-order chi connectivity index (χ1) is 15.1. The van der Waals surface area contributed by atoms with Crippen LogP contribution in [0.5, 0.6) is 11.5 Å². The fraction of sp³-hybridized carbons (Fsp3) is 0.292. The Morgan fingerprint density at radius 3 is 2.58 bits per heavy atom. The number of aliphatic imine (C=N–C) groups is 1. The van der Waals surface area contributed by atoms with Crippen molar-refractivity contribution >= 4 is 21.5 Å². The highest BCUT2D eigenvalue weighted by Gasteiger charge is 2.40. The van der Waals surface area contributed by atoms with Gasteiger partial charge in [0, 0.05) is 21.9 Å². The van der Waals surface area contributed by atoms with Gasteiger partial charge in [-0.2, -0.15) is 5.26 Å². The topological polar surface area (TPSA) is 91.9 Å². The molecule has 31 heavy (non-hydrogen) atoms. The number of carbonyl (C=O) groups is 1. The molecule has 2 atom stereocenters. The van der Waals surface area contributed by atoms with Crippen molar-refractivity contribution in [3.8, 4) is 17.6 Å². The summed E-state index contributed by atoms with van der Waals surface area (Å²) in [6.45, 7) is 2.44. The number of rotatable bonds is 10. The fourth-order valence-corrected chi connectivity index (χ4v) is 6.71. The van der Waals surface area contributed by atoms with E-state index in [1.165, 1.54) is 6.20 Å². The van der Waals surface area contributed by atoms with Crippen LogP contribution in [-0.4, -0.2) is 30.3 Å². The molecule has 1 aliphatic heterocycles. The van der Waals surface area contributed by atoms with Gasteiger partial charge in [0.1, 0.15) is 16.4 Å². The molecule has 0 saturated carbocycles. The van der Waals surface area contributed by atoms with E-state index < -0.39 is 16.0 Å². The number of methoxy groups -OCH3 is 1. The summed E-state index contributed by atoms with van der Waals surface area (Å²) >= 11 is 0. The Labute approximate surface area is 184 Å². The molecule has 0 amide bonds. The SMILES string of the molecule is CCCC(C#N)CCOc1ccccc1S1(c2ccc(OC)cc2)C=NC=C1C(=O)O. The molecule has 6 nitrogen and oxygen atoms in total. The molecule has 2 aromatic rings. The van der Waals surface area contributed by atoms with Gasteiger partial charge in [-0.05, 0) is 49.2 Å². The molecule has 7 heteroatoms. The molecule has 1 aliphatic rings. The summed E-state index contributed by atoms with van der Waals surface area (Å²) < 4.78 is 11.4. The van der Waals surface area contributed by atoms with E-state index in [4.69, 9.17) is 9.47 Å². The molecular formula is C24H26N2O4S. The summed E-state index contributed by atoms with van der Waals surface area (Å²) in [6, 6.07) is 17.2. The van der Waals surface area contributed by atoms with E-state index in [1.54, 1.807) is 12.7 Å². The number of carboxylic acids is 1. The predicted molar refractivity (Wildman–Crippen MR) is 122 cm³/mol. The van der Waals surface area contributed by atoms with Crippen LogP contribution in [-0.2, 0) is 4.79 Å². The van der Waals surface area contributed by atoms with E-state index in [-0.39, 0.29) is 10.8 Å². The van der Waals surface area contributed by atoms with Gasteiger partial charge in [-0.15, -0.1) is 10.0 Å². The number of benzene rings is 2. The third-order valence-corrected chi connectivity index (χ3v) is 8.60. The molecule has 0 aromatic heterocycles. The average molecular weight is 439 g/mol. The smallest absolute Gasteiger partial charge is 0.343 e. The van der Waals surface area contributed by atoms with Crippen molar-refractivity contribution in [1.29, 1.82) is 5.26 Å². The van der Waals surface area contributed by atoms with Crippen molar-refractivity contribution in [1.82, 2.24) is 0 Å². The Hall–Kier alpha value is -3.24. The molecule has 2 unspecified atom stereocenters. The third kappa shape index (κ3) is 4.59. The lowest BCUT2D eigenvalue weighted by Gasteiger charge is -2.35. The Balaban J connectivity index is 2.01. The van der Waals surface area contributed by atoms with Crippen molar-refractivity contribution < 1.29 is 19.4 Å². The summed E-state index contributed by atoms with van der Waals surface area (Å²) in [5.74, 6) is 0.243. The van der Waals surface area contributed by atoms with E-state index in [2.05, 4.69) is 18.0 Å². The van der Waals surface area contributed by atoms with Gasteiger partial charge >= 0.3 is 5.97 Å². The maximum Gasteiger partial charge on any atom is 0.343 e. The van der Waals surface area contributed by atoms with Crippen LogP contribution in [0.4, 0.5) is 0 Å². The van der Waals surface area contributed by atoms with Crippen LogP contribution >= 0.6 is 10.0 Å². The highest BCUT2D eigenvalue weighted by Crippen LogP contribution is 2.70. The number of hydrogen-bond donors (Lipinski definition) is 1. The molecule has 0 bridgehead atoms. The molecule has 0 radical (unpaired) electrons. The maximum absolute atomic E-state index is 12.2. The van der Waals surface area contributed by atoms with Gasteiger partial charge in [-0.25, -0.2) is 4.79 Å². The van der Waals surface area contributed by atoms with Gasteiger partial charge in [-0.3, -0.25) is 4.99 Å². The van der Waals surface area contributed by atoms with Crippen LogP contribution in [0.2, 0.25) is 0 Å². The Morgan fingerprint density at radius 1 is 1.19 bits per heavy atom. The monoisotopic (exact) mass is 438 g/mol. The fourth-order valence-electron chi connectivity index (χ4n) is 3.57. The molecule has 0 fully saturated rings. The first-order valence-electron chi connectivity index (χ1n) is 10.1. The number of carboxylic acid groups (broad SMARTS) is 1. The van der Waals surface area contributed by atoms with Crippen LogP contribution < -0.4 is 9.47 Å². The Bertz CT molecular complexity index is 1030. The zero-order valence-electron chi connectivity index (χ0n) is 17.7. The summed E-state index contributed by atoms with van der Waals surface area (Å²) in [4.78, 5) is 18.3. The van der Waals surface area contributed by atoms with Crippen molar-refractivity contribution in [2.45, 2.75) is 36.0 Å². The molecule has 0 spiro atoms. The molecule has 0 aliphatic carbocycles. The number of para-hydroxylation sites is 1. The van der Waals surface area contributed by atoms with Crippen LogP contribution in [0.25, 0.3) is 0 Å². The molecule has 0 saturated heterocycles. The maximum atomic E-state index is 12.2. The average Bonchev–Trinajstić information content (AvgIpc) is 3.25. The van der Waals surface area contributed by atoms with Crippen LogP contribution in [0.15, 0.2) is 74.4 Å². The zero-order chi connectivity index (χ0) is 22.3. The van der Waals surface area contributed by atoms with Crippen molar-refractivity contribution in [3.63, 3.8) is 0 Å². The lowest BCUT2D eigenvalue weighted by molar-refractivity contribution is -0.131. The number of nitrogens with zero attached hydrogens (tertiary/aromatic N) is 2. The van der Waals surface area contributed by atoms with Gasteiger partial charge < -0.3 is 14.6 Å². The minimum absolute atomic E-state index is 0.0532. The summed E-state index contributed by atoms with van der Waals surface area (Å²) in [7, 11) is -0.666. The highest BCUT2D eigenvalue weighted by molar-refractivity contribution is 8.47. The lowest BCUT2D eigenvalue weighted by atomic mass is 10.0. The standard InChI is InChI=1S/C24H26N2O4S/c1-3-6-18(15-25)13-14-30-21-7-4-5-8-22(21)31(17-26-16-23(31)24(27)28)20-11-9-19(29-2)10-12-20/h4-5,7-12,16-18H,3,6,13-14H2,1-2H3,(H,27,28). The van der Waals surface area contributed by atoms with E-state index in [0.29, 0.717) is 24.5 Å². The van der Waals surface area contributed by atoms with E-state index in [9.17, 15) is 15.2 Å². The highest BCUT2D eigenvalue weighted by atomic mass is 32.3. The second-order valence-electron chi connectivity index (χ2n) is 7.09. The van der Waals surface area contributed by atoms with Gasteiger partial charge in [0.05, 0.1) is 25.3 Å². The van der Waals surface area contributed by atoms with Gasteiger partial charge in [0.25, 0.3) is 0 Å². The molecule has 3 rings (SSSR count).